The molecule has 0 aliphatic carbocycles. The first kappa shape index (κ1) is 28.6. The van der Waals surface area contributed by atoms with Gasteiger partial charge in [0.15, 0.2) is 0 Å². The van der Waals surface area contributed by atoms with Gasteiger partial charge in [-0.25, -0.2) is 0 Å². The minimum Gasteiger partial charge on any atom is -0.550 e. The number of rotatable bonds is 21. The van der Waals surface area contributed by atoms with E-state index in [1.165, 1.54) is 103 Å². The molecule has 0 atom stereocenters. The fourth-order valence-electron chi connectivity index (χ4n) is 3.29. The summed E-state index contributed by atoms with van der Waals surface area (Å²) in [6.07, 6.45) is 23.7. The zero-order valence-corrected chi connectivity index (χ0v) is 20.0. The van der Waals surface area contributed by atoms with Gasteiger partial charge in [-0.15, -0.1) is 0 Å². The van der Waals surface area contributed by atoms with E-state index in [-0.39, 0.29) is 36.0 Å². The molecule has 1 N–H and O–H groups in total. The number of aliphatic carboxylic acids is 1. The van der Waals surface area contributed by atoms with Gasteiger partial charge in [0.2, 0.25) is 0 Å². The molecule has 3 nitrogen and oxygen atoms in total. The van der Waals surface area contributed by atoms with E-state index >= 15 is 0 Å². The van der Waals surface area contributed by atoms with Crippen LogP contribution >= 0.6 is 0 Å². The van der Waals surface area contributed by atoms with E-state index in [4.69, 9.17) is 0 Å². The molecule has 0 amide bonds. The number of carbonyl (C=O) groups excluding carboxylic acids is 1. The SMILES string of the molecule is CCCCCCCCCCCCCCCCCCCNCCC(=O)[O-].[Na+]. The van der Waals surface area contributed by atoms with E-state index < -0.39 is 5.97 Å². The molecule has 0 fully saturated rings. The first-order valence-electron chi connectivity index (χ1n) is 11.2. The van der Waals surface area contributed by atoms with Crippen LogP contribution in [0.4, 0.5) is 0 Å². The molecule has 0 radical (unpaired) electrons. The molecule has 0 aliphatic rings. The van der Waals surface area contributed by atoms with Gasteiger partial charge in [0.05, 0.1) is 0 Å². The third-order valence-corrected chi connectivity index (χ3v) is 4.96. The quantitative estimate of drug-likeness (QED) is 0.247. The van der Waals surface area contributed by atoms with Crippen molar-refractivity contribution in [2.45, 2.75) is 122 Å². The third-order valence-electron chi connectivity index (χ3n) is 4.96. The normalized spacial score (nSPS) is 10.7. The molecule has 0 unspecified atom stereocenters. The largest absolute Gasteiger partial charge is 1.00 e. The molecule has 0 aromatic heterocycles. The zero-order chi connectivity index (χ0) is 18.4. The fraction of sp³-hybridized carbons (Fsp3) is 0.955. The summed E-state index contributed by atoms with van der Waals surface area (Å²) in [5.41, 5.74) is 0. The van der Waals surface area contributed by atoms with Gasteiger partial charge in [0.1, 0.15) is 0 Å². The van der Waals surface area contributed by atoms with E-state index in [2.05, 4.69) is 12.2 Å². The summed E-state index contributed by atoms with van der Waals surface area (Å²) in [6, 6.07) is 0. The van der Waals surface area contributed by atoms with Gasteiger partial charge in [-0.3, -0.25) is 0 Å². The Morgan fingerprint density at radius 2 is 0.962 bits per heavy atom. The topological polar surface area (TPSA) is 52.2 Å². The second-order valence-electron chi connectivity index (χ2n) is 7.53. The molecule has 0 aromatic carbocycles. The first-order valence-corrected chi connectivity index (χ1v) is 11.2. The number of carboxylic acids is 1. The molecule has 0 saturated carbocycles. The maximum Gasteiger partial charge on any atom is 1.00 e. The number of nitrogens with one attached hydrogen (secondary N) is 1. The first-order chi connectivity index (χ1) is 12.3. The maximum absolute atomic E-state index is 10.2. The van der Waals surface area contributed by atoms with Crippen LogP contribution in [0.5, 0.6) is 0 Å². The van der Waals surface area contributed by atoms with E-state index in [0.29, 0.717) is 6.54 Å². The number of carbonyl (C=O) groups is 1. The Morgan fingerprint density at radius 1 is 0.615 bits per heavy atom. The Labute approximate surface area is 185 Å². The molecular weight excluding hydrogens is 333 g/mol. The van der Waals surface area contributed by atoms with Crippen LogP contribution in [0.3, 0.4) is 0 Å². The van der Waals surface area contributed by atoms with Crippen LogP contribution in [-0.4, -0.2) is 19.1 Å². The number of unbranched alkanes of at least 4 members (excludes halogenated alkanes) is 16. The van der Waals surface area contributed by atoms with Crippen LogP contribution < -0.4 is 40.0 Å². The molecule has 0 bridgehead atoms. The summed E-state index contributed by atoms with van der Waals surface area (Å²) in [7, 11) is 0. The van der Waals surface area contributed by atoms with E-state index in [9.17, 15) is 9.90 Å². The Bertz CT molecular complexity index is 275. The molecule has 4 heteroatoms. The van der Waals surface area contributed by atoms with Crippen molar-refractivity contribution in [1.29, 1.82) is 0 Å². The maximum atomic E-state index is 10.2. The van der Waals surface area contributed by atoms with Gasteiger partial charge in [0, 0.05) is 12.5 Å². The fourth-order valence-corrected chi connectivity index (χ4v) is 3.29. The smallest absolute Gasteiger partial charge is 0.550 e. The second-order valence-corrected chi connectivity index (χ2v) is 7.53. The monoisotopic (exact) mass is 377 g/mol. The van der Waals surface area contributed by atoms with E-state index in [1.54, 1.807) is 0 Å². The molecule has 0 aliphatic heterocycles. The van der Waals surface area contributed by atoms with Crippen molar-refractivity contribution in [1.82, 2.24) is 5.32 Å². The number of hydrogen-bond donors (Lipinski definition) is 1. The van der Waals surface area contributed by atoms with Gasteiger partial charge < -0.3 is 15.2 Å². The summed E-state index contributed by atoms with van der Waals surface area (Å²) < 4.78 is 0. The third kappa shape index (κ3) is 26.7. The van der Waals surface area contributed by atoms with Crippen molar-refractivity contribution in [3.05, 3.63) is 0 Å². The van der Waals surface area contributed by atoms with Crippen LogP contribution in [0.1, 0.15) is 122 Å². The summed E-state index contributed by atoms with van der Waals surface area (Å²) in [6.45, 7) is 3.76. The van der Waals surface area contributed by atoms with E-state index in [0.717, 1.165) is 13.0 Å². The van der Waals surface area contributed by atoms with Crippen molar-refractivity contribution < 1.29 is 39.5 Å². The van der Waals surface area contributed by atoms with Crippen molar-refractivity contribution in [3.63, 3.8) is 0 Å². The van der Waals surface area contributed by atoms with Gasteiger partial charge in [-0.2, -0.15) is 0 Å². The molecule has 0 rings (SSSR count). The Hall–Kier alpha value is 0.430. The van der Waals surface area contributed by atoms with Gasteiger partial charge in [0.25, 0.3) is 0 Å². The van der Waals surface area contributed by atoms with Crippen molar-refractivity contribution in [2.75, 3.05) is 13.1 Å². The zero-order valence-electron chi connectivity index (χ0n) is 18.0. The summed E-state index contributed by atoms with van der Waals surface area (Å²) >= 11 is 0. The summed E-state index contributed by atoms with van der Waals surface area (Å²) in [4.78, 5) is 10.2. The predicted molar refractivity (Wildman–Crippen MR) is 107 cm³/mol. The minimum atomic E-state index is -0.963. The molecule has 150 valence electrons. The number of carboxylic acid groups (broad SMARTS) is 1. The van der Waals surface area contributed by atoms with Gasteiger partial charge in [-0.05, 0) is 19.4 Å². The van der Waals surface area contributed by atoms with Crippen molar-refractivity contribution in [2.24, 2.45) is 0 Å². The molecule has 0 heterocycles. The number of hydrogen-bond acceptors (Lipinski definition) is 3. The van der Waals surface area contributed by atoms with Gasteiger partial charge >= 0.3 is 29.6 Å². The summed E-state index contributed by atoms with van der Waals surface area (Å²) in [5.74, 6) is -0.963. The van der Waals surface area contributed by atoms with Crippen LogP contribution in [0, 0.1) is 0 Å². The molecule has 0 saturated heterocycles. The second kappa shape index (κ2) is 25.4. The summed E-state index contributed by atoms with van der Waals surface area (Å²) in [5, 5.41) is 13.4. The Morgan fingerprint density at radius 3 is 1.31 bits per heavy atom. The molecular formula is C22H44NNaO2. The Kier molecular flexibility index (Phi) is 28.0. The van der Waals surface area contributed by atoms with Crippen LogP contribution in [0.15, 0.2) is 0 Å². The average Bonchev–Trinajstić information content (AvgIpc) is 2.60. The van der Waals surface area contributed by atoms with Crippen molar-refractivity contribution >= 4 is 5.97 Å². The van der Waals surface area contributed by atoms with Crippen LogP contribution in [0.2, 0.25) is 0 Å². The molecule has 26 heavy (non-hydrogen) atoms. The van der Waals surface area contributed by atoms with Crippen LogP contribution in [-0.2, 0) is 4.79 Å². The van der Waals surface area contributed by atoms with Gasteiger partial charge in [-0.1, -0.05) is 110 Å². The van der Waals surface area contributed by atoms with E-state index in [1.807, 2.05) is 0 Å². The molecule has 0 spiro atoms. The molecule has 0 aromatic rings. The Balaban J connectivity index is 0. The van der Waals surface area contributed by atoms with Crippen molar-refractivity contribution in [3.8, 4) is 0 Å². The van der Waals surface area contributed by atoms with Crippen LogP contribution in [0.25, 0.3) is 0 Å². The predicted octanol–water partition coefficient (Wildman–Crippen LogP) is 2.37. The minimum absolute atomic E-state index is 0. The standard InChI is InChI=1S/C22H45NO2.Na/c1-2-3-4-5-6-7-8-9-10-11-12-13-14-15-16-17-18-20-23-21-19-22(24)25;/h23H,2-21H2,1H3,(H,24,25);/q;+1/p-1. The average molecular weight is 378 g/mol.